The molecular formula is C12H12INO4S. The summed E-state index contributed by atoms with van der Waals surface area (Å²) < 4.78 is 0.836. The number of hydrogen-bond donors (Lipinski definition) is 1. The van der Waals surface area contributed by atoms with Crippen LogP contribution >= 0.6 is 34.4 Å². The lowest BCUT2D eigenvalue weighted by molar-refractivity contribution is -0.385. The normalized spacial score (nSPS) is 16.1. The molecule has 1 aromatic carbocycles. The molecule has 2 rings (SSSR count). The number of nitro benzene ring substituents is 1. The molecule has 0 aromatic heterocycles. The molecule has 102 valence electrons. The van der Waals surface area contributed by atoms with E-state index in [1.54, 1.807) is 23.9 Å². The highest BCUT2D eigenvalue weighted by molar-refractivity contribution is 14.1. The zero-order valence-corrected chi connectivity index (χ0v) is 12.9. The van der Waals surface area contributed by atoms with Crippen molar-refractivity contribution in [1.82, 2.24) is 0 Å². The van der Waals surface area contributed by atoms with E-state index in [1.807, 2.05) is 0 Å². The molecular weight excluding hydrogens is 381 g/mol. The summed E-state index contributed by atoms with van der Waals surface area (Å²) in [7, 11) is 0. The topological polar surface area (TPSA) is 80.4 Å². The first-order valence-electron chi connectivity index (χ1n) is 5.70. The van der Waals surface area contributed by atoms with Gasteiger partial charge in [0.2, 0.25) is 0 Å². The van der Waals surface area contributed by atoms with Crippen molar-refractivity contribution < 1.29 is 14.8 Å². The van der Waals surface area contributed by atoms with Gasteiger partial charge in [0.05, 0.1) is 11.3 Å². The van der Waals surface area contributed by atoms with Crippen LogP contribution in [0, 0.1) is 19.1 Å². The number of thioether (sulfide) groups is 1. The fraction of sp³-hybridized carbons (Fsp3) is 0.417. The summed E-state index contributed by atoms with van der Waals surface area (Å²) in [6.07, 6.45) is 2.12. The van der Waals surface area contributed by atoms with Gasteiger partial charge in [0.15, 0.2) is 0 Å². The summed E-state index contributed by atoms with van der Waals surface area (Å²) in [5.41, 5.74) is 0.0156. The summed E-state index contributed by atoms with van der Waals surface area (Å²) in [5, 5.41) is 19.5. The van der Waals surface area contributed by atoms with Gasteiger partial charge in [0.1, 0.15) is 0 Å². The molecule has 0 heterocycles. The third kappa shape index (κ3) is 3.82. The van der Waals surface area contributed by atoms with Crippen molar-refractivity contribution in [2.45, 2.75) is 24.2 Å². The van der Waals surface area contributed by atoms with Gasteiger partial charge in [0.25, 0.3) is 5.69 Å². The monoisotopic (exact) mass is 393 g/mol. The van der Waals surface area contributed by atoms with Crippen LogP contribution in [-0.2, 0) is 4.79 Å². The van der Waals surface area contributed by atoms with Crippen LogP contribution in [0.2, 0.25) is 0 Å². The average Bonchev–Trinajstić information content (AvgIpc) is 3.06. The Bertz CT molecular complexity index is 530. The number of halogens is 1. The summed E-state index contributed by atoms with van der Waals surface area (Å²) in [6.45, 7) is 0. The third-order valence-corrected chi connectivity index (χ3v) is 5.83. The van der Waals surface area contributed by atoms with Gasteiger partial charge in [-0.1, -0.05) is 0 Å². The van der Waals surface area contributed by atoms with E-state index >= 15 is 0 Å². The van der Waals surface area contributed by atoms with Crippen molar-refractivity contribution in [1.29, 1.82) is 0 Å². The Hall–Kier alpha value is -0.830. The summed E-state index contributed by atoms with van der Waals surface area (Å²) in [5.74, 6) is 0.00381. The minimum absolute atomic E-state index is 0.0681. The van der Waals surface area contributed by atoms with Crippen LogP contribution in [0.5, 0.6) is 0 Å². The van der Waals surface area contributed by atoms with E-state index in [9.17, 15) is 14.9 Å². The van der Waals surface area contributed by atoms with Gasteiger partial charge in [0, 0.05) is 26.4 Å². The van der Waals surface area contributed by atoms with Crippen molar-refractivity contribution in [3.8, 4) is 0 Å². The highest BCUT2D eigenvalue weighted by Crippen LogP contribution is 2.52. The van der Waals surface area contributed by atoms with Crippen LogP contribution in [0.3, 0.4) is 0 Å². The SMILES string of the molecule is O=C(O)CC1(CSc2ccc([N+](=O)[O-])cc2I)CC1. The second kappa shape index (κ2) is 5.66. The zero-order valence-electron chi connectivity index (χ0n) is 9.97. The molecule has 7 heteroatoms. The van der Waals surface area contributed by atoms with E-state index in [0.29, 0.717) is 0 Å². The molecule has 0 aliphatic heterocycles. The first kappa shape index (κ1) is 14.6. The van der Waals surface area contributed by atoms with Gasteiger partial charge >= 0.3 is 5.97 Å². The Morgan fingerprint density at radius 1 is 1.53 bits per heavy atom. The number of aliphatic carboxylic acids is 1. The number of nitrogens with zero attached hydrogens (tertiary/aromatic N) is 1. The molecule has 19 heavy (non-hydrogen) atoms. The number of non-ortho nitro benzene ring substituents is 1. The van der Waals surface area contributed by atoms with Gasteiger partial charge in [-0.05, 0) is 46.9 Å². The minimum atomic E-state index is -0.753. The van der Waals surface area contributed by atoms with E-state index in [0.717, 1.165) is 27.1 Å². The van der Waals surface area contributed by atoms with Crippen molar-refractivity contribution in [3.05, 3.63) is 31.9 Å². The fourth-order valence-corrected chi connectivity index (χ4v) is 4.00. The number of benzene rings is 1. The molecule has 0 atom stereocenters. The largest absolute Gasteiger partial charge is 0.481 e. The lowest BCUT2D eigenvalue weighted by Gasteiger charge is -2.12. The van der Waals surface area contributed by atoms with E-state index in [1.165, 1.54) is 6.07 Å². The van der Waals surface area contributed by atoms with E-state index in [2.05, 4.69) is 22.6 Å². The Kier molecular flexibility index (Phi) is 4.34. The second-order valence-corrected chi connectivity index (χ2v) is 6.91. The lowest BCUT2D eigenvalue weighted by Crippen LogP contribution is -2.11. The molecule has 1 N–H and O–H groups in total. The van der Waals surface area contributed by atoms with Crippen LogP contribution in [0.25, 0.3) is 0 Å². The second-order valence-electron chi connectivity index (χ2n) is 4.73. The summed E-state index contributed by atoms with van der Waals surface area (Å²) in [4.78, 5) is 22.0. The summed E-state index contributed by atoms with van der Waals surface area (Å²) in [6, 6.07) is 4.77. The van der Waals surface area contributed by atoms with Gasteiger partial charge in [-0.25, -0.2) is 0 Å². The maximum atomic E-state index is 10.8. The third-order valence-electron chi connectivity index (χ3n) is 3.14. The lowest BCUT2D eigenvalue weighted by atomic mass is 10.1. The van der Waals surface area contributed by atoms with E-state index in [4.69, 9.17) is 5.11 Å². The maximum Gasteiger partial charge on any atom is 0.303 e. The fourth-order valence-electron chi connectivity index (χ4n) is 1.82. The maximum absolute atomic E-state index is 10.8. The standard InChI is InChI=1S/C12H12INO4S/c13-9-5-8(14(17)18)1-2-10(9)19-7-12(3-4-12)6-11(15)16/h1-2,5H,3-4,6-7H2,(H,15,16). The number of carboxylic acid groups (broad SMARTS) is 1. The number of hydrogen-bond acceptors (Lipinski definition) is 4. The highest BCUT2D eigenvalue weighted by Gasteiger charge is 2.44. The first-order valence-corrected chi connectivity index (χ1v) is 7.77. The predicted molar refractivity (Wildman–Crippen MR) is 80.5 cm³/mol. The first-order chi connectivity index (χ1) is 8.92. The highest BCUT2D eigenvalue weighted by atomic mass is 127. The molecule has 1 aromatic rings. The zero-order chi connectivity index (χ0) is 14.0. The molecule has 1 saturated carbocycles. The van der Waals surface area contributed by atoms with Gasteiger partial charge in [-0.2, -0.15) is 0 Å². The predicted octanol–water partition coefficient (Wildman–Crippen LogP) is 3.55. The number of rotatable bonds is 6. The van der Waals surface area contributed by atoms with Crippen LogP contribution in [-0.4, -0.2) is 21.8 Å². The smallest absolute Gasteiger partial charge is 0.303 e. The molecule has 0 saturated heterocycles. The molecule has 0 unspecified atom stereocenters. The quantitative estimate of drug-likeness (QED) is 0.346. The Morgan fingerprint density at radius 2 is 2.21 bits per heavy atom. The molecule has 1 aliphatic carbocycles. The molecule has 0 bridgehead atoms. The number of carbonyl (C=O) groups is 1. The molecule has 0 spiro atoms. The molecule has 0 radical (unpaired) electrons. The number of nitro groups is 1. The Morgan fingerprint density at radius 3 is 2.68 bits per heavy atom. The molecule has 1 aliphatic rings. The van der Waals surface area contributed by atoms with Crippen LogP contribution < -0.4 is 0 Å². The van der Waals surface area contributed by atoms with Crippen LogP contribution in [0.1, 0.15) is 19.3 Å². The Balaban J connectivity index is 2.00. The van der Waals surface area contributed by atoms with E-state index < -0.39 is 10.9 Å². The molecule has 0 amide bonds. The number of carboxylic acids is 1. The molecule has 1 fully saturated rings. The minimum Gasteiger partial charge on any atom is -0.481 e. The Labute approximate surface area is 128 Å². The average molecular weight is 393 g/mol. The molecule has 5 nitrogen and oxygen atoms in total. The van der Waals surface area contributed by atoms with Crippen LogP contribution in [0.4, 0.5) is 5.69 Å². The van der Waals surface area contributed by atoms with Gasteiger partial charge in [-0.15, -0.1) is 11.8 Å². The van der Waals surface area contributed by atoms with Crippen molar-refractivity contribution >= 4 is 46.0 Å². The van der Waals surface area contributed by atoms with Crippen molar-refractivity contribution in [3.63, 3.8) is 0 Å². The van der Waals surface area contributed by atoms with E-state index in [-0.39, 0.29) is 17.5 Å². The van der Waals surface area contributed by atoms with Gasteiger partial charge < -0.3 is 5.11 Å². The van der Waals surface area contributed by atoms with Gasteiger partial charge in [-0.3, -0.25) is 14.9 Å². The summed E-state index contributed by atoms with van der Waals surface area (Å²) >= 11 is 3.66. The van der Waals surface area contributed by atoms with Crippen molar-refractivity contribution in [2.75, 3.05) is 5.75 Å². The van der Waals surface area contributed by atoms with Crippen LogP contribution in [0.15, 0.2) is 23.1 Å². The van der Waals surface area contributed by atoms with Crippen molar-refractivity contribution in [2.24, 2.45) is 5.41 Å².